The van der Waals surface area contributed by atoms with Crippen LogP contribution in [0.3, 0.4) is 0 Å². The maximum Gasteiger partial charge on any atom is 0.236 e. The van der Waals surface area contributed by atoms with Gasteiger partial charge in [0.1, 0.15) is 5.54 Å². The molecule has 2 aliphatic rings. The first-order chi connectivity index (χ1) is 9.93. The number of amides is 2. The van der Waals surface area contributed by atoms with Gasteiger partial charge in [-0.3, -0.25) is 14.5 Å². The second-order valence-corrected chi connectivity index (χ2v) is 6.95. The zero-order chi connectivity index (χ0) is 15.7. The zero-order valence-electron chi connectivity index (χ0n) is 13.1. The Labute approximate surface area is 132 Å². The first-order valence-corrected chi connectivity index (χ1v) is 8.52. The predicted octanol–water partition coefficient (Wildman–Crippen LogP) is 2.93. The van der Waals surface area contributed by atoms with Gasteiger partial charge in [0.15, 0.2) is 0 Å². The van der Waals surface area contributed by atoms with Gasteiger partial charge in [0, 0.05) is 6.42 Å². The Balaban J connectivity index is 2.43. The molecule has 0 spiro atoms. The van der Waals surface area contributed by atoms with Gasteiger partial charge in [-0.1, -0.05) is 51.7 Å². The number of thiocarbonyl (C=S) groups is 1. The molecule has 4 nitrogen and oxygen atoms in total. The molecule has 2 rings (SSSR count). The second kappa shape index (κ2) is 6.03. The SMILES string of the molecule is CCC1(CC)CC(=O)N(C2(C(N)=S)CCCCCC2)C1=O. The zero-order valence-corrected chi connectivity index (χ0v) is 13.9. The highest BCUT2D eigenvalue weighted by molar-refractivity contribution is 7.80. The van der Waals surface area contributed by atoms with Crippen LogP contribution >= 0.6 is 12.2 Å². The van der Waals surface area contributed by atoms with Crippen LogP contribution in [0.2, 0.25) is 0 Å². The maximum absolute atomic E-state index is 13.0. The van der Waals surface area contributed by atoms with Gasteiger partial charge in [-0.25, -0.2) is 0 Å². The average Bonchev–Trinajstić information content (AvgIpc) is 2.63. The van der Waals surface area contributed by atoms with Gasteiger partial charge in [-0.2, -0.15) is 0 Å². The summed E-state index contributed by atoms with van der Waals surface area (Å²) in [6, 6.07) is 0. The lowest BCUT2D eigenvalue weighted by Crippen LogP contribution is -2.59. The predicted molar refractivity (Wildman–Crippen MR) is 86.7 cm³/mol. The van der Waals surface area contributed by atoms with Crippen LogP contribution in [0.1, 0.15) is 71.6 Å². The molecule has 0 atom stereocenters. The topological polar surface area (TPSA) is 63.4 Å². The van der Waals surface area contributed by atoms with E-state index < -0.39 is 11.0 Å². The fourth-order valence-electron chi connectivity index (χ4n) is 3.92. The first-order valence-electron chi connectivity index (χ1n) is 8.11. The number of hydrogen-bond acceptors (Lipinski definition) is 3. The lowest BCUT2D eigenvalue weighted by Gasteiger charge is -2.40. The maximum atomic E-state index is 13.0. The van der Waals surface area contributed by atoms with Gasteiger partial charge in [0.25, 0.3) is 0 Å². The van der Waals surface area contributed by atoms with Crippen LogP contribution in [-0.4, -0.2) is 27.2 Å². The Morgan fingerprint density at radius 3 is 2.05 bits per heavy atom. The highest BCUT2D eigenvalue weighted by Gasteiger charge is 2.57. The van der Waals surface area contributed by atoms with Crippen molar-refractivity contribution in [2.75, 3.05) is 0 Å². The summed E-state index contributed by atoms with van der Waals surface area (Å²) in [6.07, 6.45) is 7.33. The van der Waals surface area contributed by atoms with Crippen molar-refractivity contribution in [1.82, 2.24) is 4.90 Å². The van der Waals surface area contributed by atoms with E-state index in [1.165, 1.54) is 4.90 Å². The Morgan fingerprint density at radius 2 is 1.67 bits per heavy atom. The molecule has 0 unspecified atom stereocenters. The molecule has 21 heavy (non-hydrogen) atoms. The third-order valence-corrected chi connectivity index (χ3v) is 5.95. The molecule has 1 aliphatic heterocycles. The summed E-state index contributed by atoms with van der Waals surface area (Å²) in [5, 5.41) is 0. The number of rotatable bonds is 4. The van der Waals surface area contributed by atoms with E-state index in [1.54, 1.807) is 0 Å². The van der Waals surface area contributed by atoms with Gasteiger partial charge in [0.2, 0.25) is 11.8 Å². The van der Waals surface area contributed by atoms with E-state index >= 15 is 0 Å². The number of nitrogens with two attached hydrogens (primary N) is 1. The van der Waals surface area contributed by atoms with E-state index in [-0.39, 0.29) is 11.8 Å². The molecule has 0 radical (unpaired) electrons. The molecule has 2 N–H and O–H groups in total. The molecular weight excluding hydrogens is 284 g/mol. The van der Waals surface area contributed by atoms with Gasteiger partial charge < -0.3 is 5.73 Å². The van der Waals surface area contributed by atoms with Crippen molar-refractivity contribution in [1.29, 1.82) is 0 Å². The van der Waals surface area contributed by atoms with Crippen molar-refractivity contribution in [2.24, 2.45) is 11.1 Å². The standard InChI is InChI=1S/C16H26N2O2S/c1-3-15(4-2)11-12(19)18(14(15)20)16(13(17)21)9-7-5-6-8-10-16/h3-11H2,1-2H3,(H2,17,21). The molecule has 5 heteroatoms. The highest BCUT2D eigenvalue weighted by Crippen LogP contribution is 2.45. The van der Waals surface area contributed by atoms with Crippen LogP contribution in [0.15, 0.2) is 0 Å². The summed E-state index contributed by atoms with van der Waals surface area (Å²) < 4.78 is 0. The lowest BCUT2D eigenvalue weighted by molar-refractivity contribution is -0.146. The number of carbonyl (C=O) groups is 2. The smallest absolute Gasteiger partial charge is 0.236 e. The highest BCUT2D eigenvalue weighted by atomic mass is 32.1. The van der Waals surface area contributed by atoms with Crippen LogP contribution in [0, 0.1) is 5.41 Å². The fraction of sp³-hybridized carbons (Fsp3) is 0.812. The van der Waals surface area contributed by atoms with Crippen LogP contribution in [0.4, 0.5) is 0 Å². The molecule has 2 amide bonds. The molecule has 1 aliphatic carbocycles. The minimum Gasteiger partial charge on any atom is -0.391 e. The molecule has 1 saturated carbocycles. The van der Waals surface area contributed by atoms with Gasteiger partial charge in [-0.05, 0) is 25.7 Å². The normalized spacial score (nSPS) is 25.0. The van der Waals surface area contributed by atoms with Crippen LogP contribution < -0.4 is 5.73 Å². The summed E-state index contributed by atoms with van der Waals surface area (Å²) in [4.78, 5) is 27.4. The monoisotopic (exact) mass is 310 g/mol. The van der Waals surface area contributed by atoms with Crippen molar-refractivity contribution in [3.05, 3.63) is 0 Å². The van der Waals surface area contributed by atoms with Gasteiger partial charge in [-0.15, -0.1) is 0 Å². The summed E-state index contributed by atoms with van der Waals surface area (Å²) >= 11 is 5.31. The third kappa shape index (κ3) is 2.50. The van der Waals surface area contributed by atoms with Crippen LogP contribution in [0.5, 0.6) is 0 Å². The summed E-state index contributed by atoms with van der Waals surface area (Å²) in [5.41, 5.74) is 4.78. The van der Waals surface area contributed by atoms with E-state index in [1.807, 2.05) is 13.8 Å². The summed E-state index contributed by atoms with van der Waals surface area (Å²) in [6.45, 7) is 3.97. The Bertz CT molecular complexity index is 449. The molecule has 2 fully saturated rings. The number of imide groups is 1. The van der Waals surface area contributed by atoms with Crippen molar-refractivity contribution in [3.8, 4) is 0 Å². The van der Waals surface area contributed by atoms with Crippen LogP contribution in [0.25, 0.3) is 0 Å². The molecule has 0 aromatic rings. The lowest BCUT2D eigenvalue weighted by atomic mass is 9.80. The second-order valence-electron chi connectivity index (χ2n) is 6.51. The minimum absolute atomic E-state index is 0.0489. The molecule has 0 bridgehead atoms. The molecule has 1 heterocycles. The first kappa shape index (κ1) is 16.4. The number of carbonyl (C=O) groups excluding carboxylic acids is 2. The van der Waals surface area contributed by atoms with E-state index in [9.17, 15) is 9.59 Å². The number of hydrogen-bond donors (Lipinski definition) is 1. The molecule has 0 aromatic carbocycles. The minimum atomic E-state index is -0.716. The van der Waals surface area contributed by atoms with Crippen molar-refractivity contribution in [3.63, 3.8) is 0 Å². The van der Waals surface area contributed by atoms with E-state index in [4.69, 9.17) is 18.0 Å². The Hall–Kier alpha value is -0.970. The fourth-order valence-corrected chi connectivity index (χ4v) is 4.22. The van der Waals surface area contributed by atoms with E-state index in [0.717, 1.165) is 38.5 Å². The van der Waals surface area contributed by atoms with Crippen LogP contribution in [-0.2, 0) is 9.59 Å². The Kier molecular flexibility index (Phi) is 4.71. The van der Waals surface area contributed by atoms with E-state index in [0.29, 0.717) is 24.3 Å². The van der Waals surface area contributed by atoms with Gasteiger partial charge >= 0.3 is 0 Å². The average molecular weight is 310 g/mol. The van der Waals surface area contributed by atoms with Gasteiger partial charge in [0.05, 0.1) is 10.4 Å². The molecule has 1 saturated heterocycles. The number of likely N-dealkylation sites (tertiary alicyclic amines) is 1. The Morgan fingerprint density at radius 1 is 1.14 bits per heavy atom. The van der Waals surface area contributed by atoms with Crippen molar-refractivity contribution < 1.29 is 9.59 Å². The quantitative estimate of drug-likeness (QED) is 0.492. The summed E-state index contributed by atoms with van der Waals surface area (Å²) in [5.74, 6) is -0.134. The molecule has 0 aromatic heterocycles. The van der Waals surface area contributed by atoms with Crippen molar-refractivity contribution >= 4 is 29.0 Å². The van der Waals surface area contributed by atoms with E-state index in [2.05, 4.69) is 0 Å². The largest absolute Gasteiger partial charge is 0.391 e. The number of nitrogens with zero attached hydrogens (tertiary/aromatic N) is 1. The van der Waals surface area contributed by atoms with Crippen molar-refractivity contribution in [2.45, 2.75) is 77.2 Å². The molecule has 118 valence electrons. The summed E-state index contributed by atoms with van der Waals surface area (Å²) in [7, 11) is 0. The molecular formula is C16H26N2O2S. The third-order valence-electron chi connectivity index (χ3n) is 5.57.